The van der Waals surface area contributed by atoms with Crippen molar-refractivity contribution in [3.05, 3.63) is 41.0 Å². The molecule has 1 unspecified atom stereocenters. The van der Waals surface area contributed by atoms with Crippen LogP contribution in [0.5, 0.6) is 5.75 Å². The third-order valence-electron chi connectivity index (χ3n) is 3.45. The molecule has 2 rings (SSSR count). The summed E-state index contributed by atoms with van der Waals surface area (Å²) in [5.74, 6) is 1.73. The van der Waals surface area contributed by atoms with Crippen LogP contribution in [0.3, 0.4) is 0 Å². The SMILES string of the molecule is COc1ccccc1CC(C)N(C)c1nc(N)ncc1Cl. The van der Waals surface area contributed by atoms with E-state index < -0.39 is 0 Å². The van der Waals surface area contributed by atoms with Gasteiger partial charge in [0.15, 0.2) is 5.82 Å². The van der Waals surface area contributed by atoms with Gasteiger partial charge >= 0.3 is 0 Å². The number of aromatic nitrogens is 2. The van der Waals surface area contributed by atoms with E-state index in [4.69, 9.17) is 22.1 Å². The van der Waals surface area contributed by atoms with E-state index in [9.17, 15) is 0 Å². The Balaban J connectivity index is 2.19. The quantitative estimate of drug-likeness (QED) is 0.920. The van der Waals surface area contributed by atoms with E-state index >= 15 is 0 Å². The second-order valence-corrected chi connectivity index (χ2v) is 5.28. The summed E-state index contributed by atoms with van der Waals surface area (Å²) < 4.78 is 5.38. The summed E-state index contributed by atoms with van der Waals surface area (Å²) in [7, 11) is 3.61. The summed E-state index contributed by atoms with van der Waals surface area (Å²) in [5.41, 5.74) is 6.77. The number of hydrogen-bond donors (Lipinski definition) is 1. The molecule has 0 spiro atoms. The van der Waals surface area contributed by atoms with Crippen molar-refractivity contribution in [1.82, 2.24) is 9.97 Å². The fraction of sp³-hybridized carbons (Fsp3) is 0.333. The average molecular weight is 307 g/mol. The third-order valence-corrected chi connectivity index (χ3v) is 3.71. The van der Waals surface area contributed by atoms with Gasteiger partial charge in [-0.25, -0.2) is 4.98 Å². The second-order valence-electron chi connectivity index (χ2n) is 4.88. The van der Waals surface area contributed by atoms with Gasteiger partial charge < -0.3 is 15.4 Å². The van der Waals surface area contributed by atoms with Gasteiger partial charge in [-0.05, 0) is 25.0 Å². The summed E-state index contributed by atoms with van der Waals surface area (Å²) >= 11 is 6.15. The van der Waals surface area contributed by atoms with E-state index in [1.54, 1.807) is 7.11 Å². The van der Waals surface area contributed by atoms with Crippen LogP contribution in [0.25, 0.3) is 0 Å². The maximum Gasteiger partial charge on any atom is 0.222 e. The molecule has 0 aliphatic carbocycles. The number of hydrogen-bond acceptors (Lipinski definition) is 5. The maximum absolute atomic E-state index is 6.15. The molecule has 0 aliphatic heterocycles. The molecule has 0 saturated heterocycles. The Bertz CT molecular complexity index is 620. The molecular formula is C15H19ClN4O. The highest BCUT2D eigenvalue weighted by Crippen LogP contribution is 2.26. The number of nitrogens with two attached hydrogens (primary N) is 1. The highest BCUT2D eigenvalue weighted by Gasteiger charge is 2.17. The molecule has 0 amide bonds. The van der Waals surface area contributed by atoms with E-state index in [2.05, 4.69) is 23.0 Å². The molecule has 1 aromatic carbocycles. The maximum atomic E-state index is 6.15. The van der Waals surface area contributed by atoms with E-state index in [0.29, 0.717) is 10.8 Å². The Morgan fingerprint density at radius 1 is 1.38 bits per heavy atom. The molecule has 1 aromatic heterocycles. The first-order valence-electron chi connectivity index (χ1n) is 6.65. The number of nitrogen functional groups attached to an aromatic ring is 1. The van der Waals surface area contributed by atoms with Crippen LogP contribution in [-0.2, 0) is 6.42 Å². The first-order valence-corrected chi connectivity index (χ1v) is 7.03. The Kier molecular flexibility index (Phi) is 4.85. The number of ether oxygens (including phenoxy) is 1. The molecule has 1 atom stereocenters. The molecule has 0 fully saturated rings. The van der Waals surface area contributed by atoms with Crippen molar-refractivity contribution in [1.29, 1.82) is 0 Å². The summed E-state index contributed by atoms with van der Waals surface area (Å²) in [6.07, 6.45) is 2.33. The number of anilines is 2. The molecule has 2 N–H and O–H groups in total. The van der Waals surface area contributed by atoms with Crippen LogP contribution in [0.4, 0.5) is 11.8 Å². The normalized spacial score (nSPS) is 12.0. The molecule has 0 saturated carbocycles. The van der Waals surface area contributed by atoms with Gasteiger partial charge in [0, 0.05) is 13.1 Å². The summed E-state index contributed by atoms with van der Waals surface area (Å²) in [5, 5.41) is 0.485. The van der Waals surface area contributed by atoms with Gasteiger partial charge in [0.1, 0.15) is 10.8 Å². The summed E-state index contributed by atoms with van der Waals surface area (Å²) in [6, 6.07) is 8.14. The number of likely N-dealkylation sites (N-methyl/N-ethyl adjacent to an activating group) is 1. The molecule has 0 aliphatic rings. The molecule has 1 heterocycles. The number of rotatable bonds is 5. The zero-order valence-electron chi connectivity index (χ0n) is 12.4. The van der Waals surface area contributed by atoms with E-state index in [1.165, 1.54) is 6.20 Å². The predicted molar refractivity (Wildman–Crippen MR) is 86.0 cm³/mol. The number of halogens is 1. The van der Waals surface area contributed by atoms with Crippen molar-refractivity contribution < 1.29 is 4.74 Å². The minimum absolute atomic E-state index is 0.174. The van der Waals surface area contributed by atoms with Gasteiger partial charge in [0.05, 0.1) is 13.3 Å². The lowest BCUT2D eigenvalue weighted by molar-refractivity contribution is 0.408. The van der Waals surface area contributed by atoms with Crippen LogP contribution >= 0.6 is 11.6 Å². The van der Waals surface area contributed by atoms with Crippen LogP contribution in [0, 0.1) is 0 Å². The van der Waals surface area contributed by atoms with Crippen molar-refractivity contribution in [2.75, 3.05) is 24.8 Å². The molecule has 2 aromatic rings. The highest BCUT2D eigenvalue weighted by molar-refractivity contribution is 6.32. The topological polar surface area (TPSA) is 64.3 Å². The van der Waals surface area contributed by atoms with Gasteiger partial charge in [-0.3, -0.25) is 0 Å². The van der Waals surface area contributed by atoms with Gasteiger partial charge in [-0.15, -0.1) is 0 Å². The predicted octanol–water partition coefficient (Wildman–Crippen LogP) is 2.79. The van der Waals surface area contributed by atoms with Gasteiger partial charge in [0.25, 0.3) is 0 Å². The van der Waals surface area contributed by atoms with Gasteiger partial charge in [0.2, 0.25) is 5.95 Å². The lowest BCUT2D eigenvalue weighted by atomic mass is 10.1. The van der Waals surface area contributed by atoms with Gasteiger partial charge in [-0.2, -0.15) is 4.98 Å². The Hall–Kier alpha value is -2.01. The molecule has 5 nitrogen and oxygen atoms in total. The standard InChI is InChI=1S/C15H19ClN4O/c1-10(8-11-6-4-5-7-13(11)21-3)20(2)14-12(16)9-18-15(17)19-14/h4-7,9-10H,8H2,1-3H3,(H2,17,18,19). The fourth-order valence-corrected chi connectivity index (χ4v) is 2.38. The van der Waals surface area contributed by atoms with Crippen LogP contribution in [-0.4, -0.2) is 30.2 Å². The third kappa shape index (κ3) is 3.55. The first kappa shape index (κ1) is 15.4. The summed E-state index contributed by atoms with van der Waals surface area (Å²) in [4.78, 5) is 10.1. The number of benzene rings is 1. The average Bonchev–Trinajstić information content (AvgIpc) is 2.49. The Labute approximate surface area is 129 Å². The van der Waals surface area contributed by atoms with Crippen LogP contribution < -0.4 is 15.4 Å². The monoisotopic (exact) mass is 306 g/mol. The number of nitrogens with zero attached hydrogens (tertiary/aromatic N) is 3. The fourth-order valence-electron chi connectivity index (χ4n) is 2.15. The smallest absolute Gasteiger partial charge is 0.222 e. The van der Waals surface area contributed by atoms with E-state index in [0.717, 1.165) is 17.7 Å². The van der Waals surface area contributed by atoms with E-state index in [1.807, 2.05) is 30.1 Å². The molecule has 0 radical (unpaired) electrons. The molecule has 21 heavy (non-hydrogen) atoms. The molecule has 112 valence electrons. The highest BCUT2D eigenvalue weighted by atomic mass is 35.5. The lowest BCUT2D eigenvalue weighted by Crippen LogP contribution is -2.32. The van der Waals surface area contributed by atoms with Crippen LogP contribution in [0.15, 0.2) is 30.5 Å². The Morgan fingerprint density at radius 3 is 2.81 bits per heavy atom. The van der Waals surface area contributed by atoms with Gasteiger partial charge in [-0.1, -0.05) is 29.8 Å². The minimum Gasteiger partial charge on any atom is -0.496 e. The number of para-hydroxylation sites is 1. The van der Waals surface area contributed by atoms with E-state index in [-0.39, 0.29) is 12.0 Å². The molecular weight excluding hydrogens is 288 g/mol. The molecule has 0 bridgehead atoms. The van der Waals surface area contributed by atoms with Crippen molar-refractivity contribution >= 4 is 23.4 Å². The lowest BCUT2D eigenvalue weighted by Gasteiger charge is -2.27. The second kappa shape index (κ2) is 6.63. The Morgan fingerprint density at radius 2 is 2.10 bits per heavy atom. The number of methoxy groups -OCH3 is 1. The van der Waals surface area contributed by atoms with Crippen molar-refractivity contribution in [2.24, 2.45) is 0 Å². The van der Waals surface area contributed by atoms with Crippen LogP contribution in [0.1, 0.15) is 12.5 Å². The van der Waals surface area contributed by atoms with Crippen molar-refractivity contribution in [3.63, 3.8) is 0 Å². The zero-order chi connectivity index (χ0) is 15.4. The minimum atomic E-state index is 0.174. The zero-order valence-corrected chi connectivity index (χ0v) is 13.1. The van der Waals surface area contributed by atoms with Crippen LogP contribution in [0.2, 0.25) is 5.02 Å². The van der Waals surface area contributed by atoms with Crippen molar-refractivity contribution in [2.45, 2.75) is 19.4 Å². The first-order chi connectivity index (χ1) is 10.0. The summed E-state index contributed by atoms with van der Waals surface area (Å²) in [6.45, 7) is 2.10. The largest absolute Gasteiger partial charge is 0.496 e. The van der Waals surface area contributed by atoms with Crippen molar-refractivity contribution in [3.8, 4) is 5.75 Å². The molecule has 6 heteroatoms.